The van der Waals surface area contributed by atoms with E-state index in [-0.39, 0.29) is 6.61 Å². The van der Waals surface area contributed by atoms with Gasteiger partial charge in [0.15, 0.2) is 5.65 Å². The van der Waals surface area contributed by atoms with E-state index in [4.69, 9.17) is 5.11 Å². The fourth-order valence-corrected chi connectivity index (χ4v) is 1.70. The van der Waals surface area contributed by atoms with Gasteiger partial charge in [-0.25, -0.2) is 0 Å². The second kappa shape index (κ2) is 4.99. The highest BCUT2D eigenvalue weighted by Gasteiger charge is 2.00. The summed E-state index contributed by atoms with van der Waals surface area (Å²) in [6.07, 6.45) is 0. The maximum absolute atomic E-state index is 8.97. The van der Waals surface area contributed by atoms with Crippen LogP contribution in [-0.2, 0) is 13.2 Å². The molecule has 0 aliphatic rings. The van der Waals surface area contributed by atoms with Crippen molar-refractivity contribution in [2.75, 3.05) is 5.32 Å². The van der Waals surface area contributed by atoms with Gasteiger partial charge in [-0.3, -0.25) is 0 Å². The van der Waals surface area contributed by atoms with Crippen LogP contribution in [-0.4, -0.2) is 30.4 Å². The lowest BCUT2D eigenvalue weighted by atomic mass is 10.1. The summed E-state index contributed by atoms with van der Waals surface area (Å²) in [5.74, 6) is 0.700. The predicted molar refractivity (Wildman–Crippen MR) is 68.3 cm³/mol. The van der Waals surface area contributed by atoms with Gasteiger partial charge in [0.05, 0.1) is 6.61 Å². The average molecular weight is 256 g/mol. The highest BCUT2D eigenvalue weighted by atomic mass is 16.3. The summed E-state index contributed by atoms with van der Waals surface area (Å²) < 4.78 is 1.37. The van der Waals surface area contributed by atoms with Crippen molar-refractivity contribution in [3.8, 4) is 0 Å². The molecule has 0 saturated heterocycles. The third-order valence-corrected chi connectivity index (χ3v) is 2.75. The number of nitrogens with zero attached hydrogens (tertiary/aromatic N) is 5. The van der Waals surface area contributed by atoms with Crippen LogP contribution in [0.3, 0.4) is 0 Å². The molecule has 96 valence electrons. The first-order chi connectivity index (χ1) is 9.35. The van der Waals surface area contributed by atoms with Gasteiger partial charge in [0.25, 0.3) is 0 Å². The molecule has 0 fully saturated rings. The minimum atomic E-state index is 0.0607. The minimum Gasteiger partial charge on any atom is -0.392 e. The first-order valence-corrected chi connectivity index (χ1v) is 5.83. The largest absolute Gasteiger partial charge is 0.392 e. The molecular formula is C12H12N6O. The molecule has 0 saturated carbocycles. The first kappa shape index (κ1) is 11.5. The summed E-state index contributed by atoms with van der Waals surface area (Å²) in [5.41, 5.74) is 2.62. The van der Waals surface area contributed by atoms with E-state index < -0.39 is 0 Å². The van der Waals surface area contributed by atoms with E-state index in [1.807, 2.05) is 30.3 Å². The second-order valence-corrected chi connectivity index (χ2v) is 4.07. The Labute approximate surface area is 108 Å². The van der Waals surface area contributed by atoms with Crippen molar-refractivity contribution in [3.05, 3.63) is 47.5 Å². The van der Waals surface area contributed by atoms with Crippen LogP contribution in [0.2, 0.25) is 0 Å². The summed E-state index contributed by atoms with van der Waals surface area (Å²) in [6, 6.07) is 11.4. The number of nitrogens with one attached hydrogen (secondary N) is 1. The molecule has 0 bridgehead atoms. The smallest absolute Gasteiger partial charge is 0.200 e. The van der Waals surface area contributed by atoms with Crippen LogP contribution in [0, 0.1) is 0 Å². The fraction of sp³-hybridized carbons (Fsp3) is 0.167. The minimum absolute atomic E-state index is 0.0607. The molecule has 0 atom stereocenters. The lowest BCUT2D eigenvalue weighted by Crippen LogP contribution is -2.04. The molecule has 0 aliphatic heterocycles. The number of aromatic nitrogens is 5. The number of benzene rings is 1. The van der Waals surface area contributed by atoms with Crippen molar-refractivity contribution < 1.29 is 5.11 Å². The molecule has 3 rings (SSSR count). The normalized spacial score (nSPS) is 10.8. The average Bonchev–Trinajstić information content (AvgIpc) is 2.93. The lowest BCUT2D eigenvalue weighted by molar-refractivity contribution is 0.282. The first-order valence-electron chi connectivity index (χ1n) is 5.83. The zero-order valence-electron chi connectivity index (χ0n) is 10.1. The summed E-state index contributed by atoms with van der Waals surface area (Å²) >= 11 is 0. The Morgan fingerprint density at radius 1 is 1.05 bits per heavy atom. The molecule has 3 aromatic rings. The van der Waals surface area contributed by atoms with Gasteiger partial charge in [-0.1, -0.05) is 24.3 Å². The summed E-state index contributed by atoms with van der Waals surface area (Å²) in [7, 11) is 0. The van der Waals surface area contributed by atoms with Crippen molar-refractivity contribution in [1.82, 2.24) is 25.3 Å². The van der Waals surface area contributed by atoms with E-state index in [9.17, 15) is 0 Å². The van der Waals surface area contributed by atoms with Crippen LogP contribution >= 0.6 is 0 Å². The third kappa shape index (κ3) is 2.50. The summed E-state index contributed by atoms with van der Waals surface area (Å²) in [6.45, 7) is 0.706. The van der Waals surface area contributed by atoms with E-state index in [0.29, 0.717) is 18.0 Å². The van der Waals surface area contributed by atoms with Crippen molar-refractivity contribution in [1.29, 1.82) is 0 Å². The molecule has 0 spiro atoms. The van der Waals surface area contributed by atoms with Crippen LogP contribution in [0.1, 0.15) is 11.1 Å². The molecule has 1 aromatic carbocycles. The van der Waals surface area contributed by atoms with Gasteiger partial charge in [-0.15, -0.1) is 14.8 Å². The maximum Gasteiger partial charge on any atom is 0.200 e. The van der Waals surface area contributed by atoms with Crippen molar-refractivity contribution >= 4 is 11.5 Å². The quantitative estimate of drug-likeness (QED) is 0.711. The molecule has 0 aliphatic carbocycles. The molecule has 2 aromatic heterocycles. The number of aliphatic hydroxyl groups is 1. The Bertz CT molecular complexity index is 678. The predicted octanol–water partition coefficient (Wildman–Crippen LogP) is 0.624. The molecular weight excluding hydrogens is 244 g/mol. The van der Waals surface area contributed by atoms with Crippen LogP contribution in [0.25, 0.3) is 5.65 Å². The number of hydrogen-bond donors (Lipinski definition) is 2. The highest BCUT2D eigenvalue weighted by Crippen LogP contribution is 2.08. The van der Waals surface area contributed by atoms with Crippen molar-refractivity contribution in [2.24, 2.45) is 0 Å². The molecule has 2 N–H and O–H groups in total. The van der Waals surface area contributed by atoms with E-state index in [1.165, 1.54) is 4.63 Å². The number of fused-ring (bicyclic) bond motifs is 1. The van der Waals surface area contributed by atoms with Gasteiger partial charge in [0.1, 0.15) is 5.82 Å². The number of hydrogen-bond acceptors (Lipinski definition) is 6. The monoisotopic (exact) mass is 256 g/mol. The van der Waals surface area contributed by atoms with Crippen LogP contribution < -0.4 is 5.32 Å². The molecule has 0 radical (unpaired) electrons. The second-order valence-electron chi connectivity index (χ2n) is 4.07. The number of anilines is 1. The topological polar surface area (TPSA) is 88.2 Å². The summed E-state index contributed by atoms with van der Waals surface area (Å²) in [5, 5.41) is 27.4. The Hall–Kier alpha value is -2.54. The molecule has 0 unspecified atom stereocenters. The molecule has 19 heavy (non-hydrogen) atoms. The van der Waals surface area contributed by atoms with Gasteiger partial charge >= 0.3 is 0 Å². The standard InChI is InChI=1S/C12H12N6O/c19-8-10-3-1-9(2-4-10)7-13-11-5-6-12-14-16-17-18(12)15-11/h1-6,19H,7-8H2,(H,13,15). The zero-order chi connectivity index (χ0) is 13.1. The fourth-order valence-electron chi connectivity index (χ4n) is 1.70. The van der Waals surface area contributed by atoms with Gasteiger partial charge in [0.2, 0.25) is 0 Å². The number of rotatable bonds is 4. The molecule has 0 amide bonds. The van der Waals surface area contributed by atoms with E-state index in [2.05, 4.69) is 25.9 Å². The Balaban J connectivity index is 1.70. The molecule has 7 nitrogen and oxygen atoms in total. The zero-order valence-corrected chi connectivity index (χ0v) is 10.1. The maximum atomic E-state index is 8.97. The highest BCUT2D eigenvalue weighted by molar-refractivity contribution is 5.42. The number of aliphatic hydroxyl groups excluding tert-OH is 1. The lowest BCUT2D eigenvalue weighted by Gasteiger charge is -2.05. The van der Waals surface area contributed by atoms with Gasteiger partial charge in [0, 0.05) is 6.54 Å². The van der Waals surface area contributed by atoms with Crippen molar-refractivity contribution in [2.45, 2.75) is 13.2 Å². The van der Waals surface area contributed by atoms with E-state index >= 15 is 0 Å². The summed E-state index contributed by atoms with van der Waals surface area (Å²) in [4.78, 5) is 0. The molecule has 2 heterocycles. The third-order valence-electron chi connectivity index (χ3n) is 2.75. The van der Waals surface area contributed by atoms with E-state index in [0.717, 1.165) is 11.1 Å². The van der Waals surface area contributed by atoms with Crippen LogP contribution in [0.15, 0.2) is 36.4 Å². The molecule has 7 heteroatoms. The van der Waals surface area contributed by atoms with E-state index in [1.54, 1.807) is 6.07 Å². The van der Waals surface area contributed by atoms with Crippen LogP contribution in [0.4, 0.5) is 5.82 Å². The van der Waals surface area contributed by atoms with Crippen LogP contribution in [0.5, 0.6) is 0 Å². The van der Waals surface area contributed by atoms with Gasteiger partial charge in [-0.05, 0) is 33.7 Å². The van der Waals surface area contributed by atoms with Gasteiger partial charge in [-0.2, -0.15) is 0 Å². The SMILES string of the molecule is OCc1ccc(CNc2ccc3nnnn3n2)cc1. The Kier molecular flexibility index (Phi) is 3.03. The number of tetrazole rings is 1. The Morgan fingerprint density at radius 3 is 2.63 bits per heavy atom. The van der Waals surface area contributed by atoms with Gasteiger partial charge < -0.3 is 10.4 Å². The Morgan fingerprint density at radius 2 is 1.84 bits per heavy atom. The van der Waals surface area contributed by atoms with Crippen molar-refractivity contribution in [3.63, 3.8) is 0 Å².